The molecule has 11 N–H and O–H groups in total. The molecule has 0 radical (unpaired) electrons. The SMILES string of the molecule is C[C@@H]1O[C@@H](Oc2cc(-c3oc4cc(O)cc(O)c4c(=O)c3O[C@@H]3O[C@H](CO)[C@H](O)[C@H](O)[C@H]3O)cc(O)c2O)[C@@H](O)[C@@H](O)[C@H]1O. The molecule has 1 aromatic heterocycles. The van der Waals surface area contributed by atoms with Gasteiger partial charge in [0.25, 0.3) is 0 Å². The van der Waals surface area contributed by atoms with Gasteiger partial charge < -0.3 is 79.5 Å². The molecule has 0 saturated carbocycles. The Balaban J connectivity index is 1.64. The van der Waals surface area contributed by atoms with Crippen molar-refractivity contribution in [2.45, 2.75) is 68.3 Å². The fourth-order valence-electron chi connectivity index (χ4n) is 4.90. The minimum absolute atomic E-state index is 0.282. The Morgan fingerprint density at radius 1 is 0.750 bits per heavy atom. The Kier molecular flexibility index (Phi) is 8.51. The van der Waals surface area contributed by atoms with Gasteiger partial charge in [0.15, 0.2) is 17.3 Å². The summed E-state index contributed by atoms with van der Waals surface area (Å²) in [6, 6.07) is 3.67. The van der Waals surface area contributed by atoms with E-state index in [1.807, 2.05) is 0 Å². The van der Waals surface area contributed by atoms with Gasteiger partial charge in [0.1, 0.15) is 65.2 Å². The van der Waals surface area contributed by atoms with Crippen molar-refractivity contribution >= 4 is 11.0 Å². The van der Waals surface area contributed by atoms with Gasteiger partial charge in [-0.25, -0.2) is 0 Å². The van der Waals surface area contributed by atoms with E-state index in [0.717, 1.165) is 24.3 Å². The van der Waals surface area contributed by atoms with Gasteiger partial charge in [-0.1, -0.05) is 0 Å². The van der Waals surface area contributed by atoms with Crippen molar-refractivity contribution in [3.05, 3.63) is 34.5 Å². The van der Waals surface area contributed by atoms with E-state index in [4.69, 9.17) is 23.4 Å². The lowest BCUT2D eigenvalue weighted by molar-refractivity contribution is -0.277. The number of phenols is 4. The van der Waals surface area contributed by atoms with Crippen LogP contribution in [0.1, 0.15) is 6.92 Å². The molecule has 0 amide bonds. The second kappa shape index (κ2) is 11.9. The number of hydrogen-bond donors (Lipinski definition) is 11. The van der Waals surface area contributed by atoms with Gasteiger partial charge in [0.05, 0.1) is 12.7 Å². The van der Waals surface area contributed by atoms with Crippen LogP contribution in [0.25, 0.3) is 22.3 Å². The lowest BCUT2D eigenvalue weighted by Gasteiger charge is -2.39. The first-order valence-corrected chi connectivity index (χ1v) is 13.2. The largest absolute Gasteiger partial charge is 0.508 e. The summed E-state index contributed by atoms with van der Waals surface area (Å²) in [6.07, 6.45) is -16.7. The zero-order chi connectivity index (χ0) is 32.2. The van der Waals surface area contributed by atoms with Gasteiger partial charge in [0.2, 0.25) is 29.5 Å². The summed E-state index contributed by atoms with van der Waals surface area (Å²) in [7, 11) is 0. The van der Waals surface area contributed by atoms with Crippen LogP contribution < -0.4 is 14.9 Å². The molecule has 44 heavy (non-hydrogen) atoms. The average Bonchev–Trinajstić information content (AvgIpc) is 2.97. The molecule has 2 aliphatic rings. The summed E-state index contributed by atoms with van der Waals surface area (Å²) in [5.41, 5.74) is -1.78. The van der Waals surface area contributed by atoms with Crippen LogP contribution in [0.3, 0.4) is 0 Å². The van der Waals surface area contributed by atoms with Crippen LogP contribution in [-0.4, -0.2) is 124 Å². The van der Waals surface area contributed by atoms with Crippen molar-refractivity contribution < 1.29 is 79.5 Å². The second-order valence-electron chi connectivity index (χ2n) is 10.4. The van der Waals surface area contributed by atoms with Crippen LogP contribution >= 0.6 is 0 Å². The van der Waals surface area contributed by atoms with Gasteiger partial charge in [-0.3, -0.25) is 4.79 Å². The van der Waals surface area contributed by atoms with Gasteiger partial charge in [-0.2, -0.15) is 0 Å². The standard InChI is InChI=1S/C27H30O17/c1-7-16(32)20(36)22(38)26(40-7)42-13-3-8(2-11(31)17(13)33)24-25(19(35)15-10(30)4-9(29)5-12(15)41-24)44-27-23(39)21(37)18(34)14(6-28)43-27/h2-5,7,14,16,18,20-23,26-34,36-39H,6H2,1H3/t7-,14+,16-,18-,20-,21-,22-,23+,26-,27-/m0/s1. The number of rotatable bonds is 6. The first kappa shape index (κ1) is 31.5. The lowest BCUT2D eigenvalue weighted by atomic mass is 9.99. The topological polar surface area (TPSA) is 290 Å². The van der Waals surface area contributed by atoms with Crippen molar-refractivity contribution in [1.29, 1.82) is 0 Å². The molecular weight excluding hydrogens is 596 g/mol. The number of phenolic OH excluding ortho intramolecular Hbond substituents is 4. The van der Waals surface area contributed by atoms with Gasteiger partial charge in [-0.15, -0.1) is 0 Å². The lowest BCUT2D eigenvalue weighted by Crippen LogP contribution is -2.60. The predicted octanol–water partition coefficient (Wildman–Crippen LogP) is -2.33. The van der Waals surface area contributed by atoms with Crippen LogP contribution in [0.5, 0.6) is 34.5 Å². The van der Waals surface area contributed by atoms with Crippen LogP contribution in [0.4, 0.5) is 0 Å². The van der Waals surface area contributed by atoms with Crippen molar-refractivity contribution in [2.24, 2.45) is 0 Å². The number of fused-ring (bicyclic) bond motifs is 1. The van der Waals surface area contributed by atoms with Gasteiger partial charge >= 0.3 is 0 Å². The highest BCUT2D eigenvalue weighted by Gasteiger charge is 2.46. The van der Waals surface area contributed by atoms with Gasteiger partial charge in [0, 0.05) is 17.7 Å². The highest BCUT2D eigenvalue weighted by atomic mass is 16.7. The molecule has 2 saturated heterocycles. The van der Waals surface area contributed by atoms with E-state index in [1.165, 1.54) is 6.92 Å². The quantitative estimate of drug-likeness (QED) is 0.128. The van der Waals surface area contributed by atoms with E-state index in [0.29, 0.717) is 0 Å². The summed E-state index contributed by atoms with van der Waals surface area (Å²) in [5.74, 6) is -4.96. The van der Waals surface area contributed by atoms with E-state index < -0.39 is 125 Å². The van der Waals surface area contributed by atoms with Crippen molar-refractivity contribution in [1.82, 2.24) is 0 Å². The Hall–Kier alpha value is -3.91. The number of aliphatic hydroxyl groups excluding tert-OH is 7. The molecule has 2 aromatic carbocycles. The number of aliphatic hydroxyl groups is 7. The maximum Gasteiger partial charge on any atom is 0.239 e. The molecule has 2 fully saturated rings. The van der Waals surface area contributed by atoms with Crippen LogP contribution in [0.15, 0.2) is 33.5 Å². The molecule has 0 aliphatic carbocycles. The zero-order valence-corrected chi connectivity index (χ0v) is 22.7. The number of benzene rings is 2. The first-order chi connectivity index (χ1) is 20.7. The third-order valence-corrected chi connectivity index (χ3v) is 7.37. The first-order valence-electron chi connectivity index (χ1n) is 13.2. The molecule has 10 atom stereocenters. The average molecular weight is 627 g/mol. The molecule has 2 aliphatic heterocycles. The van der Waals surface area contributed by atoms with Crippen LogP contribution in [-0.2, 0) is 9.47 Å². The third kappa shape index (κ3) is 5.45. The monoisotopic (exact) mass is 626 g/mol. The number of aromatic hydroxyl groups is 4. The van der Waals surface area contributed by atoms with E-state index in [2.05, 4.69) is 0 Å². The highest BCUT2D eigenvalue weighted by molar-refractivity contribution is 5.88. The fourth-order valence-corrected chi connectivity index (χ4v) is 4.90. The molecule has 0 unspecified atom stereocenters. The molecule has 3 heterocycles. The summed E-state index contributed by atoms with van der Waals surface area (Å²) in [6.45, 7) is 0.553. The third-order valence-electron chi connectivity index (χ3n) is 7.37. The molecular formula is C27H30O17. The Morgan fingerprint density at radius 2 is 1.39 bits per heavy atom. The molecule has 240 valence electrons. The molecule has 17 heteroatoms. The van der Waals surface area contributed by atoms with Crippen molar-refractivity contribution in [2.75, 3.05) is 6.61 Å². The summed E-state index contributed by atoms with van der Waals surface area (Å²) >= 11 is 0. The minimum atomic E-state index is -1.98. The molecule has 5 rings (SSSR count). The molecule has 0 bridgehead atoms. The molecule has 3 aromatic rings. The predicted molar refractivity (Wildman–Crippen MR) is 142 cm³/mol. The molecule has 17 nitrogen and oxygen atoms in total. The smallest absolute Gasteiger partial charge is 0.239 e. The Morgan fingerprint density at radius 3 is 2.05 bits per heavy atom. The van der Waals surface area contributed by atoms with E-state index in [1.54, 1.807) is 0 Å². The summed E-state index contributed by atoms with van der Waals surface area (Å²) in [5, 5.41) is 112. The number of ether oxygens (including phenoxy) is 4. The van der Waals surface area contributed by atoms with Gasteiger partial charge in [-0.05, 0) is 19.1 Å². The molecule has 0 spiro atoms. The van der Waals surface area contributed by atoms with E-state index in [9.17, 15) is 61.0 Å². The maximum atomic E-state index is 13.7. The highest BCUT2D eigenvalue weighted by Crippen LogP contribution is 2.44. The van der Waals surface area contributed by atoms with E-state index >= 15 is 0 Å². The fraction of sp³-hybridized carbons (Fsp3) is 0.444. The number of hydrogen-bond acceptors (Lipinski definition) is 17. The summed E-state index contributed by atoms with van der Waals surface area (Å²) in [4.78, 5) is 13.7. The summed E-state index contributed by atoms with van der Waals surface area (Å²) < 4.78 is 27.6. The Bertz CT molecular complexity index is 1590. The van der Waals surface area contributed by atoms with Crippen molar-refractivity contribution in [3.8, 4) is 45.8 Å². The second-order valence-corrected chi connectivity index (χ2v) is 10.4. The van der Waals surface area contributed by atoms with E-state index in [-0.39, 0.29) is 5.56 Å². The van der Waals surface area contributed by atoms with Crippen LogP contribution in [0, 0.1) is 0 Å². The van der Waals surface area contributed by atoms with Crippen molar-refractivity contribution in [3.63, 3.8) is 0 Å². The maximum absolute atomic E-state index is 13.7. The van der Waals surface area contributed by atoms with Crippen LogP contribution in [0.2, 0.25) is 0 Å². The normalized spacial score (nSPS) is 32.5. The minimum Gasteiger partial charge on any atom is -0.508 e. The zero-order valence-electron chi connectivity index (χ0n) is 22.7. The Labute approximate surface area is 246 Å².